The predicted molar refractivity (Wildman–Crippen MR) is 67.4 cm³/mol. The number of anilines is 1. The molecule has 2 heterocycles. The van der Waals surface area contributed by atoms with Gasteiger partial charge in [-0.05, 0) is 13.3 Å². The molecule has 0 spiro atoms. The molecular weight excluding hydrogens is 250 g/mol. The molecule has 3 rings (SSSR count). The molecule has 0 bridgehead atoms. The second-order valence-corrected chi connectivity index (χ2v) is 5.13. The van der Waals surface area contributed by atoms with Crippen molar-refractivity contribution in [3.05, 3.63) is 16.7 Å². The number of aliphatic hydroxyl groups is 2. The lowest BCUT2D eigenvalue weighted by atomic mass is 9.66. The second kappa shape index (κ2) is 3.78. The van der Waals surface area contributed by atoms with Crippen molar-refractivity contribution >= 4 is 17.1 Å². The van der Waals surface area contributed by atoms with E-state index < -0.39 is 11.2 Å². The molecule has 1 saturated carbocycles. The molecule has 102 valence electrons. The van der Waals surface area contributed by atoms with Crippen molar-refractivity contribution < 1.29 is 10.2 Å². The highest BCUT2D eigenvalue weighted by atomic mass is 16.3. The summed E-state index contributed by atoms with van der Waals surface area (Å²) >= 11 is 0. The Kier molecular flexibility index (Phi) is 2.41. The van der Waals surface area contributed by atoms with Crippen molar-refractivity contribution in [2.75, 3.05) is 12.3 Å². The Morgan fingerprint density at radius 1 is 1.68 bits per heavy atom. The van der Waals surface area contributed by atoms with Crippen molar-refractivity contribution in [3.63, 3.8) is 0 Å². The van der Waals surface area contributed by atoms with Gasteiger partial charge in [-0.1, -0.05) is 0 Å². The molecule has 0 radical (unpaired) electrons. The van der Waals surface area contributed by atoms with E-state index in [-0.39, 0.29) is 30.0 Å². The van der Waals surface area contributed by atoms with Crippen molar-refractivity contribution in [2.45, 2.75) is 25.0 Å². The van der Waals surface area contributed by atoms with Crippen LogP contribution in [0.1, 0.15) is 19.4 Å². The van der Waals surface area contributed by atoms with Crippen LogP contribution in [0.3, 0.4) is 0 Å². The van der Waals surface area contributed by atoms with Crippen LogP contribution < -0.4 is 11.3 Å². The molecule has 2 aromatic rings. The molecule has 0 amide bonds. The van der Waals surface area contributed by atoms with Gasteiger partial charge >= 0.3 is 0 Å². The van der Waals surface area contributed by atoms with Gasteiger partial charge in [0, 0.05) is 12.5 Å². The molecule has 3 atom stereocenters. The van der Waals surface area contributed by atoms with E-state index in [0.717, 1.165) is 0 Å². The van der Waals surface area contributed by atoms with Gasteiger partial charge < -0.3 is 20.5 Å². The third-order valence-electron chi connectivity index (χ3n) is 4.02. The van der Waals surface area contributed by atoms with E-state index in [0.29, 0.717) is 12.1 Å². The zero-order valence-corrected chi connectivity index (χ0v) is 10.4. The summed E-state index contributed by atoms with van der Waals surface area (Å²) in [6.45, 7) is 1.58. The highest BCUT2D eigenvalue weighted by molar-refractivity contribution is 5.70. The van der Waals surface area contributed by atoms with Crippen molar-refractivity contribution in [3.8, 4) is 0 Å². The van der Waals surface area contributed by atoms with E-state index in [1.165, 1.54) is 6.33 Å². The SMILES string of the molecule is C[C@]1(O)[C@@H](CO)C[C@H]1n1cnc2c(=O)[nH]c(N)nc21. The van der Waals surface area contributed by atoms with E-state index in [4.69, 9.17) is 10.8 Å². The zero-order valence-electron chi connectivity index (χ0n) is 10.4. The number of aromatic amines is 1. The Bertz CT molecular complexity index is 689. The van der Waals surface area contributed by atoms with Crippen LogP contribution in [0.15, 0.2) is 11.1 Å². The van der Waals surface area contributed by atoms with Crippen molar-refractivity contribution in [1.82, 2.24) is 19.5 Å². The van der Waals surface area contributed by atoms with Crippen LogP contribution in [0.2, 0.25) is 0 Å². The number of hydrogen-bond acceptors (Lipinski definition) is 6. The summed E-state index contributed by atoms with van der Waals surface area (Å²) in [6, 6.07) is -0.275. The Morgan fingerprint density at radius 3 is 3.05 bits per heavy atom. The lowest BCUT2D eigenvalue weighted by Gasteiger charge is -2.50. The van der Waals surface area contributed by atoms with Crippen LogP contribution in [0.5, 0.6) is 0 Å². The van der Waals surface area contributed by atoms with Crippen LogP contribution >= 0.6 is 0 Å². The van der Waals surface area contributed by atoms with Gasteiger partial charge in [0.05, 0.1) is 18.0 Å². The third-order valence-corrected chi connectivity index (χ3v) is 4.02. The molecule has 1 fully saturated rings. The Hall–Kier alpha value is -1.93. The van der Waals surface area contributed by atoms with Gasteiger partial charge in [-0.3, -0.25) is 9.78 Å². The van der Waals surface area contributed by atoms with Crippen LogP contribution in [-0.4, -0.2) is 41.9 Å². The molecule has 0 saturated heterocycles. The first kappa shape index (κ1) is 12.1. The summed E-state index contributed by atoms with van der Waals surface area (Å²) in [6.07, 6.45) is 2.07. The highest BCUT2D eigenvalue weighted by Crippen LogP contribution is 2.47. The molecule has 0 unspecified atom stereocenters. The van der Waals surface area contributed by atoms with Crippen LogP contribution in [0.4, 0.5) is 5.95 Å². The maximum Gasteiger partial charge on any atom is 0.280 e. The van der Waals surface area contributed by atoms with Crippen molar-refractivity contribution in [2.24, 2.45) is 5.92 Å². The van der Waals surface area contributed by atoms with Gasteiger partial charge in [-0.25, -0.2) is 4.98 Å². The molecule has 1 aliphatic carbocycles. The Morgan fingerprint density at radius 2 is 2.42 bits per heavy atom. The zero-order chi connectivity index (χ0) is 13.8. The summed E-state index contributed by atoms with van der Waals surface area (Å²) in [5.74, 6) is -0.175. The fraction of sp³-hybridized carbons (Fsp3) is 0.545. The van der Waals surface area contributed by atoms with Gasteiger partial charge in [0.1, 0.15) is 0 Å². The standard InChI is InChI=1S/C11H15N5O3/c1-11(19)5(3-17)2-6(11)16-4-13-7-8(16)14-10(12)15-9(7)18/h4-6,17,19H,2-3H2,1H3,(H3,12,14,15,18)/t5-,6-,11+/m1/s1. The van der Waals surface area contributed by atoms with Gasteiger partial charge in [-0.15, -0.1) is 0 Å². The van der Waals surface area contributed by atoms with Gasteiger partial charge in [-0.2, -0.15) is 4.98 Å². The fourth-order valence-corrected chi connectivity index (χ4v) is 2.68. The third kappa shape index (κ3) is 1.57. The topological polar surface area (TPSA) is 130 Å². The molecule has 0 aromatic carbocycles. The lowest BCUT2D eigenvalue weighted by Crippen LogP contribution is -2.55. The van der Waals surface area contributed by atoms with Crippen LogP contribution in [-0.2, 0) is 0 Å². The normalized spacial score (nSPS) is 30.5. The molecule has 8 nitrogen and oxygen atoms in total. The van der Waals surface area contributed by atoms with E-state index in [9.17, 15) is 9.90 Å². The van der Waals surface area contributed by atoms with E-state index in [2.05, 4.69) is 15.0 Å². The van der Waals surface area contributed by atoms with Crippen molar-refractivity contribution in [1.29, 1.82) is 0 Å². The number of hydrogen-bond donors (Lipinski definition) is 4. The minimum absolute atomic E-state index is 0.0110. The summed E-state index contributed by atoms with van der Waals surface area (Å²) in [4.78, 5) is 22.1. The number of nitrogens with two attached hydrogens (primary N) is 1. The molecule has 8 heteroatoms. The predicted octanol–water partition coefficient (Wildman–Crippen LogP) is -0.994. The largest absolute Gasteiger partial charge is 0.396 e. The first-order chi connectivity index (χ1) is 8.95. The first-order valence-electron chi connectivity index (χ1n) is 6.00. The number of aliphatic hydroxyl groups excluding tert-OH is 1. The molecular formula is C11H15N5O3. The number of nitrogens with zero attached hydrogens (tertiary/aromatic N) is 3. The van der Waals surface area contributed by atoms with Crippen LogP contribution in [0.25, 0.3) is 11.2 Å². The van der Waals surface area contributed by atoms with Gasteiger partial charge in [0.15, 0.2) is 11.2 Å². The Balaban J connectivity index is 2.11. The van der Waals surface area contributed by atoms with Gasteiger partial charge in [0.2, 0.25) is 5.95 Å². The molecule has 1 aliphatic rings. The molecule has 0 aliphatic heterocycles. The number of aromatic nitrogens is 4. The quantitative estimate of drug-likeness (QED) is 0.551. The molecule has 2 aromatic heterocycles. The molecule has 5 N–H and O–H groups in total. The molecule has 19 heavy (non-hydrogen) atoms. The summed E-state index contributed by atoms with van der Waals surface area (Å²) in [5.41, 5.74) is 4.61. The highest BCUT2D eigenvalue weighted by Gasteiger charge is 2.51. The maximum atomic E-state index is 11.7. The van der Waals surface area contributed by atoms with Gasteiger partial charge in [0.25, 0.3) is 5.56 Å². The van der Waals surface area contributed by atoms with E-state index in [1.807, 2.05) is 0 Å². The summed E-state index contributed by atoms with van der Waals surface area (Å²) in [7, 11) is 0. The fourth-order valence-electron chi connectivity index (χ4n) is 2.68. The smallest absolute Gasteiger partial charge is 0.280 e. The number of rotatable bonds is 2. The maximum absolute atomic E-state index is 11.7. The number of imidazole rings is 1. The minimum Gasteiger partial charge on any atom is -0.396 e. The number of H-pyrrole nitrogens is 1. The number of fused-ring (bicyclic) bond motifs is 1. The average molecular weight is 265 g/mol. The average Bonchev–Trinajstić information content (AvgIpc) is 2.72. The van der Waals surface area contributed by atoms with Crippen LogP contribution in [0, 0.1) is 5.92 Å². The second-order valence-electron chi connectivity index (χ2n) is 5.13. The monoisotopic (exact) mass is 265 g/mol. The van der Waals surface area contributed by atoms with E-state index in [1.54, 1.807) is 11.5 Å². The Labute approximate surface area is 107 Å². The summed E-state index contributed by atoms with van der Waals surface area (Å²) in [5, 5.41) is 19.5. The number of nitrogens with one attached hydrogen (secondary N) is 1. The number of nitrogen functional groups attached to an aromatic ring is 1. The van der Waals surface area contributed by atoms with E-state index >= 15 is 0 Å². The minimum atomic E-state index is -1.05. The first-order valence-corrected chi connectivity index (χ1v) is 6.00. The summed E-state index contributed by atoms with van der Waals surface area (Å²) < 4.78 is 1.65. The lowest BCUT2D eigenvalue weighted by molar-refractivity contribution is -0.141.